The third-order valence-corrected chi connectivity index (χ3v) is 2.82. The Morgan fingerprint density at radius 2 is 2.00 bits per heavy atom. The summed E-state index contributed by atoms with van der Waals surface area (Å²) in [5.74, 6) is 0.113. The Labute approximate surface area is 114 Å². The highest BCUT2D eigenvalue weighted by atomic mass is 35.5. The Hall–Kier alpha value is -2.07. The second-order valence-corrected chi connectivity index (χ2v) is 4.39. The molecule has 0 atom stereocenters. The van der Waals surface area contributed by atoms with Crippen LogP contribution in [0.25, 0.3) is 0 Å². The summed E-state index contributed by atoms with van der Waals surface area (Å²) in [5, 5.41) is 0.154. The molecule has 2 aromatic carbocycles. The van der Waals surface area contributed by atoms with Crippen molar-refractivity contribution < 1.29 is 13.9 Å². The molecule has 0 amide bonds. The van der Waals surface area contributed by atoms with Crippen molar-refractivity contribution in [3.63, 3.8) is 0 Å². The molecule has 0 bridgehead atoms. The van der Waals surface area contributed by atoms with Crippen LogP contribution in [0, 0.1) is 5.82 Å². The summed E-state index contributed by atoms with van der Waals surface area (Å²) < 4.78 is 18.4. The third kappa shape index (κ3) is 3.03. The van der Waals surface area contributed by atoms with E-state index in [1.807, 2.05) is 0 Å². The molecule has 0 radical (unpaired) electrons. The summed E-state index contributed by atoms with van der Waals surface area (Å²) in [6.45, 7) is 1.42. The highest BCUT2D eigenvalue weighted by molar-refractivity contribution is 6.32. The number of hydrogen-bond donors (Lipinski definition) is 1. The van der Waals surface area contributed by atoms with Gasteiger partial charge in [-0.25, -0.2) is 4.39 Å². The van der Waals surface area contributed by atoms with E-state index >= 15 is 0 Å². The standard InChI is InChI=1S/C14H11ClFNO2/c1-8(18)11-7-10(3-4-13(11)17)19-14-5-2-9(16)6-12(14)15/h2-7H,17H2,1H3. The van der Waals surface area contributed by atoms with E-state index in [2.05, 4.69) is 0 Å². The molecule has 0 fully saturated rings. The highest BCUT2D eigenvalue weighted by Crippen LogP contribution is 2.31. The van der Waals surface area contributed by atoms with Gasteiger partial charge in [-0.05, 0) is 43.3 Å². The van der Waals surface area contributed by atoms with Crippen LogP contribution in [0.1, 0.15) is 17.3 Å². The molecule has 2 aromatic rings. The van der Waals surface area contributed by atoms with Crippen LogP contribution in [0.15, 0.2) is 36.4 Å². The molecule has 0 aliphatic carbocycles. The molecular formula is C14H11ClFNO2. The molecular weight excluding hydrogens is 269 g/mol. The van der Waals surface area contributed by atoms with Crippen LogP contribution in [0.3, 0.4) is 0 Å². The van der Waals surface area contributed by atoms with Gasteiger partial charge in [-0.2, -0.15) is 0 Å². The lowest BCUT2D eigenvalue weighted by Crippen LogP contribution is -1.99. The Kier molecular flexibility index (Phi) is 3.71. The van der Waals surface area contributed by atoms with Crippen molar-refractivity contribution in [2.75, 3.05) is 5.73 Å². The summed E-state index contributed by atoms with van der Waals surface area (Å²) in [6.07, 6.45) is 0. The van der Waals surface area contributed by atoms with Gasteiger partial charge in [0.15, 0.2) is 5.78 Å². The van der Waals surface area contributed by atoms with Gasteiger partial charge in [0, 0.05) is 11.3 Å². The van der Waals surface area contributed by atoms with Crippen molar-refractivity contribution in [1.29, 1.82) is 0 Å². The fourth-order valence-corrected chi connectivity index (χ4v) is 1.79. The minimum atomic E-state index is -0.445. The van der Waals surface area contributed by atoms with E-state index < -0.39 is 5.82 Å². The van der Waals surface area contributed by atoms with E-state index in [0.717, 1.165) is 6.07 Å². The van der Waals surface area contributed by atoms with Crippen molar-refractivity contribution in [3.8, 4) is 11.5 Å². The Morgan fingerprint density at radius 1 is 1.26 bits per heavy atom. The predicted molar refractivity (Wildman–Crippen MR) is 72.3 cm³/mol. The largest absolute Gasteiger partial charge is 0.456 e. The number of ether oxygens (including phenoxy) is 1. The topological polar surface area (TPSA) is 52.3 Å². The molecule has 0 unspecified atom stereocenters. The molecule has 0 aliphatic rings. The Morgan fingerprint density at radius 3 is 2.63 bits per heavy atom. The van der Waals surface area contributed by atoms with Gasteiger partial charge in [0.2, 0.25) is 0 Å². The van der Waals surface area contributed by atoms with Gasteiger partial charge in [0.05, 0.1) is 5.02 Å². The molecule has 0 aliphatic heterocycles. The lowest BCUT2D eigenvalue weighted by atomic mass is 10.1. The van der Waals surface area contributed by atoms with Crippen molar-refractivity contribution in [3.05, 3.63) is 52.8 Å². The van der Waals surface area contributed by atoms with E-state index in [-0.39, 0.29) is 10.8 Å². The molecule has 0 heterocycles. The minimum absolute atomic E-state index is 0.154. The molecule has 98 valence electrons. The van der Waals surface area contributed by atoms with Crippen molar-refractivity contribution in [2.24, 2.45) is 0 Å². The summed E-state index contributed by atoms with van der Waals surface area (Å²) in [7, 11) is 0. The molecule has 2 N–H and O–H groups in total. The first-order valence-electron chi connectivity index (χ1n) is 5.51. The van der Waals surface area contributed by atoms with E-state index in [4.69, 9.17) is 22.1 Å². The summed E-state index contributed by atoms with van der Waals surface area (Å²) in [5.41, 5.74) is 6.43. The number of anilines is 1. The number of nitrogens with two attached hydrogens (primary N) is 1. The fraction of sp³-hybridized carbons (Fsp3) is 0.0714. The molecule has 0 saturated heterocycles. The van der Waals surface area contributed by atoms with Crippen LogP contribution in [-0.4, -0.2) is 5.78 Å². The zero-order valence-corrected chi connectivity index (χ0v) is 10.9. The minimum Gasteiger partial charge on any atom is -0.456 e. The molecule has 0 saturated carbocycles. The molecule has 3 nitrogen and oxygen atoms in total. The Bertz CT molecular complexity index is 643. The molecule has 2 rings (SSSR count). The summed E-state index contributed by atoms with van der Waals surface area (Å²) in [6, 6.07) is 8.52. The molecule has 5 heteroatoms. The van der Waals surface area contributed by atoms with Gasteiger partial charge in [0.25, 0.3) is 0 Å². The molecule has 19 heavy (non-hydrogen) atoms. The highest BCUT2D eigenvalue weighted by Gasteiger charge is 2.09. The second-order valence-electron chi connectivity index (χ2n) is 3.98. The maximum atomic E-state index is 12.9. The zero-order valence-electron chi connectivity index (χ0n) is 10.1. The quantitative estimate of drug-likeness (QED) is 0.681. The van der Waals surface area contributed by atoms with Crippen molar-refractivity contribution >= 4 is 23.1 Å². The van der Waals surface area contributed by atoms with Crippen molar-refractivity contribution in [2.45, 2.75) is 6.92 Å². The van der Waals surface area contributed by atoms with E-state index in [1.54, 1.807) is 12.1 Å². The number of rotatable bonds is 3. The average Bonchev–Trinajstić information content (AvgIpc) is 2.34. The summed E-state index contributed by atoms with van der Waals surface area (Å²) in [4.78, 5) is 11.4. The van der Waals surface area contributed by atoms with Gasteiger partial charge >= 0.3 is 0 Å². The van der Waals surface area contributed by atoms with E-state index in [1.165, 1.54) is 25.1 Å². The van der Waals surface area contributed by atoms with Crippen LogP contribution >= 0.6 is 11.6 Å². The van der Waals surface area contributed by atoms with Crippen LogP contribution in [-0.2, 0) is 0 Å². The maximum Gasteiger partial charge on any atom is 0.162 e. The number of benzene rings is 2. The first-order chi connectivity index (χ1) is 8.97. The van der Waals surface area contributed by atoms with Gasteiger partial charge in [0.1, 0.15) is 17.3 Å². The van der Waals surface area contributed by atoms with Gasteiger partial charge in [-0.3, -0.25) is 4.79 Å². The SMILES string of the molecule is CC(=O)c1cc(Oc2ccc(F)cc2Cl)ccc1N. The number of hydrogen-bond acceptors (Lipinski definition) is 3. The number of carbonyl (C=O) groups excluding carboxylic acids is 1. The fourth-order valence-electron chi connectivity index (χ4n) is 1.59. The normalized spacial score (nSPS) is 10.3. The molecule has 0 spiro atoms. The lowest BCUT2D eigenvalue weighted by molar-refractivity contribution is 0.101. The number of nitrogen functional groups attached to an aromatic ring is 1. The van der Waals surface area contributed by atoms with E-state index in [0.29, 0.717) is 22.7 Å². The van der Waals surface area contributed by atoms with Gasteiger partial charge in [-0.1, -0.05) is 11.6 Å². The number of ketones is 1. The van der Waals surface area contributed by atoms with Crippen LogP contribution in [0.4, 0.5) is 10.1 Å². The third-order valence-electron chi connectivity index (χ3n) is 2.53. The number of halogens is 2. The second kappa shape index (κ2) is 5.28. The zero-order chi connectivity index (χ0) is 14.0. The van der Waals surface area contributed by atoms with Crippen LogP contribution in [0.5, 0.6) is 11.5 Å². The number of Topliss-reactive ketones (excluding diaryl/α,β-unsaturated/α-hetero) is 1. The smallest absolute Gasteiger partial charge is 0.162 e. The number of carbonyl (C=O) groups is 1. The predicted octanol–water partition coefficient (Wildman–Crippen LogP) is 4.06. The summed E-state index contributed by atoms with van der Waals surface area (Å²) >= 11 is 5.86. The first-order valence-corrected chi connectivity index (χ1v) is 5.88. The average molecular weight is 280 g/mol. The van der Waals surface area contributed by atoms with Gasteiger partial charge < -0.3 is 10.5 Å². The monoisotopic (exact) mass is 279 g/mol. The van der Waals surface area contributed by atoms with Crippen LogP contribution in [0.2, 0.25) is 5.02 Å². The van der Waals surface area contributed by atoms with Crippen LogP contribution < -0.4 is 10.5 Å². The molecule has 0 aromatic heterocycles. The van der Waals surface area contributed by atoms with E-state index in [9.17, 15) is 9.18 Å². The van der Waals surface area contributed by atoms with Gasteiger partial charge in [-0.15, -0.1) is 0 Å². The lowest BCUT2D eigenvalue weighted by Gasteiger charge is -2.09. The first kappa shape index (κ1) is 13.4. The Balaban J connectivity index is 2.33. The van der Waals surface area contributed by atoms with Crippen molar-refractivity contribution in [1.82, 2.24) is 0 Å². The maximum absolute atomic E-state index is 12.9.